The molecule has 5 heteroatoms. The molecule has 0 aliphatic rings. The molecule has 5 nitrogen and oxygen atoms in total. The molecule has 3 aromatic carbocycles. The molecule has 0 saturated carbocycles. The van der Waals surface area contributed by atoms with Crippen LogP contribution in [0.2, 0.25) is 0 Å². The Balaban J connectivity index is 1.94. The van der Waals surface area contributed by atoms with Crippen molar-refractivity contribution in [3.63, 3.8) is 0 Å². The molecule has 0 radical (unpaired) electrons. The van der Waals surface area contributed by atoms with E-state index in [0.29, 0.717) is 26.1 Å². The minimum absolute atomic E-state index is 0.138. The molecule has 0 fully saturated rings. The summed E-state index contributed by atoms with van der Waals surface area (Å²) in [6.45, 7) is 12.4. The monoisotopic (exact) mass is 515 g/mol. The van der Waals surface area contributed by atoms with Gasteiger partial charge in [0.15, 0.2) is 0 Å². The second-order valence-electron chi connectivity index (χ2n) is 11.7. The van der Waals surface area contributed by atoms with E-state index in [0.717, 1.165) is 5.56 Å². The fourth-order valence-corrected chi connectivity index (χ4v) is 4.72. The third-order valence-electron chi connectivity index (χ3n) is 6.42. The first-order chi connectivity index (χ1) is 18.1. The van der Waals surface area contributed by atoms with Crippen LogP contribution in [0.5, 0.6) is 0 Å². The summed E-state index contributed by atoms with van der Waals surface area (Å²) in [5.41, 5.74) is 3.20. The summed E-state index contributed by atoms with van der Waals surface area (Å²) in [6.07, 6.45) is -0.0648. The van der Waals surface area contributed by atoms with Crippen LogP contribution in [0.15, 0.2) is 91.0 Å². The van der Waals surface area contributed by atoms with Gasteiger partial charge in [0, 0.05) is 37.8 Å². The number of amides is 2. The minimum Gasteiger partial charge on any atom is -0.390 e. The summed E-state index contributed by atoms with van der Waals surface area (Å²) in [5.74, 6) is 0.283. The first kappa shape index (κ1) is 29.4. The Kier molecular flexibility index (Phi) is 10.9. The third kappa shape index (κ3) is 9.96. The number of carbonyl (C=O) groups excluding carboxylic acids is 1. The normalized spacial score (nSPS) is 13.4. The van der Waals surface area contributed by atoms with Crippen LogP contribution in [0.3, 0.4) is 0 Å². The first-order valence-electron chi connectivity index (χ1n) is 13.7. The van der Waals surface area contributed by atoms with E-state index in [1.54, 1.807) is 4.90 Å². The number of urea groups is 1. The Bertz CT molecular complexity index is 1040. The maximum Gasteiger partial charge on any atom is 0.317 e. The molecule has 0 aliphatic heterocycles. The molecular weight excluding hydrogens is 470 g/mol. The standard InChI is InChI=1S/C33H45N3O2/c1-26(2)22-36(32(38)34-33(3,4)5)25-31(37)30(21-27-15-9-6-10-16-27)35(23-28-17-11-7-12-18-28)24-29-19-13-8-14-20-29/h6-20,26,30-31,37H,21-25H2,1-5H3,(H,34,38)/t30-,31+/m0/s1. The van der Waals surface area contributed by atoms with Gasteiger partial charge < -0.3 is 15.3 Å². The smallest absolute Gasteiger partial charge is 0.317 e. The van der Waals surface area contributed by atoms with E-state index < -0.39 is 6.10 Å². The zero-order valence-electron chi connectivity index (χ0n) is 23.7. The SMILES string of the molecule is CC(C)CN(C[C@@H](O)[C@H](Cc1ccccc1)N(Cc1ccccc1)Cc1ccccc1)C(=O)NC(C)(C)C. The lowest BCUT2D eigenvalue weighted by molar-refractivity contribution is 0.0201. The van der Waals surface area contributed by atoms with Crippen LogP contribution in [-0.4, -0.2) is 51.7 Å². The summed E-state index contributed by atoms with van der Waals surface area (Å²) in [6, 6.07) is 30.8. The molecule has 0 saturated heterocycles. The van der Waals surface area contributed by atoms with Gasteiger partial charge in [-0.15, -0.1) is 0 Å². The average molecular weight is 516 g/mol. The van der Waals surface area contributed by atoms with Gasteiger partial charge in [-0.2, -0.15) is 0 Å². The van der Waals surface area contributed by atoms with E-state index in [2.05, 4.69) is 84.7 Å². The quantitative estimate of drug-likeness (QED) is 0.305. The Morgan fingerprint density at radius 2 is 1.21 bits per heavy atom. The van der Waals surface area contributed by atoms with Gasteiger partial charge in [-0.05, 0) is 49.8 Å². The molecule has 2 atom stereocenters. The highest BCUT2D eigenvalue weighted by Crippen LogP contribution is 2.21. The van der Waals surface area contributed by atoms with Crippen molar-refractivity contribution in [1.82, 2.24) is 15.1 Å². The highest BCUT2D eigenvalue weighted by molar-refractivity contribution is 5.75. The van der Waals surface area contributed by atoms with Gasteiger partial charge in [-0.1, -0.05) is 105 Å². The summed E-state index contributed by atoms with van der Waals surface area (Å²) in [7, 11) is 0. The lowest BCUT2D eigenvalue weighted by Gasteiger charge is -2.38. The number of benzene rings is 3. The molecule has 38 heavy (non-hydrogen) atoms. The largest absolute Gasteiger partial charge is 0.390 e. The van der Waals surface area contributed by atoms with E-state index in [-0.39, 0.29) is 30.1 Å². The van der Waals surface area contributed by atoms with Crippen LogP contribution in [0, 0.1) is 5.92 Å². The number of aliphatic hydroxyl groups excluding tert-OH is 1. The molecule has 0 spiro atoms. The number of carbonyl (C=O) groups is 1. The fraction of sp³-hybridized carbons (Fsp3) is 0.424. The Labute approximate surface area is 229 Å². The van der Waals surface area contributed by atoms with E-state index in [1.807, 2.05) is 51.1 Å². The van der Waals surface area contributed by atoms with Gasteiger partial charge in [0.2, 0.25) is 0 Å². The topological polar surface area (TPSA) is 55.8 Å². The molecule has 0 aromatic heterocycles. The van der Waals surface area contributed by atoms with Crippen molar-refractivity contribution in [1.29, 1.82) is 0 Å². The Morgan fingerprint density at radius 1 is 0.763 bits per heavy atom. The number of hydrogen-bond donors (Lipinski definition) is 2. The van der Waals surface area contributed by atoms with Crippen molar-refractivity contribution in [3.05, 3.63) is 108 Å². The molecule has 204 valence electrons. The van der Waals surface area contributed by atoms with Crippen molar-refractivity contribution in [3.8, 4) is 0 Å². The zero-order valence-corrected chi connectivity index (χ0v) is 23.7. The highest BCUT2D eigenvalue weighted by Gasteiger charge is 2.31. The van der Waals surface area contributed by atoms with E-state index in [4.69, 9.17) is 0 Å². The molecule has 2 amide bonds. The number of nitrogens with one attached hydrogen (secondary N) is 1. The van der Waals surface area contributed by atoms with E-state index in [1.165, 1.54) is 11.1 Å². The van der Waals surface area contributed by atoms with Crippen LogP contribution >= 0.6 is 0 Å². The predicted molar refractivity (Wildman–Crippen MR) is 157 cm³/mol. The van der Waals surface area contributed by atoms with Crippen molar-refractivity contribution < 1.29 is 9.90 Å². The molecule has 3 rings (SSSR count). The van der Waals surface area contributed by atoms with E-state index in [9.17, 15) is 9.90 Å². The fourth-order valence-electron chi connectivity index (χ4n) is 4.72. The molecule has 0 aliphatic carbocycles. The summed E-state index contributed by atoms with van der Waals surface area (Å²) in [5, 5.41) is 15.0. The van der Waals surface area contributed by atoms with Crippen LogP contribution in [0.25, 0.3) is 0 Å². The number of nitrogens with zero attached hydrogens (tertiary/aromatic N) is 2. The maximum absolute atomic E-state index is 13.3. The first-order valence-corrected chi connectivity index (χ1v) is 13.7. The van der Waals surface area contributed by atoms with Gasteiger partial charge in [0.1, 0.15) is 0 Å². The second-order valence-corrected chi connectivity index (χ2v) is 11.7. The Morgan fingerprint density at radius 3 is 1.63 bits per heavy atom. The molecule has 0 heterocycles. The maximum atomic E-state index is 13.3. The van der Waals surface area contributed by atoms with Gasteiger partial charge in [-0.3, -0.25) is 4.90 Å². The number of rotatable bonds is 12. The van der Waals surface area contributed by atoms with Crippen LogP contribution in [0.1, 0.15) is 51.3 Å². The van der Waals surface area contributed by atoms with Gasteiger partial charge in [-0.25, -0.2) is 4.79 Å². The van der Waals surface area contributed by atoms with Crippen molar-refractivity contribution >= 4 is 6.03 Å². The highest BCUT2D eigenvalue weighted by atomic mass is 16.3. The van der Waals surface area contributed by atoms with Crippen LogP contribution in [0.4, 0.5) is 4.79 Å². The number of hydrogen-bond acceptors (Lipinski definition) is 3. The van der Waals surface area contributed by atoms with Crippen molar-refractivity contribution in [2.45, 2.75) is 71.8 Å². The summed E-state index contributed by atoms with van der Waals surface area (Å²) < 4.78 is 0. The Hall–Kier alpha value is -3.15. The third-order valence-corrected chi connectivity index (χ3v) is 6.42. The van der Waals surface area contributed by atoms with Crippen LogP contribution in [-0.2, 0) is 19.5 Å². The lowest BCUT2D eigenvalue weighted by Crippen LogP contribution is -2.55. The zero-order chi connectivity index (χ0) is 27.5. The van der Waals surface area contributed by atoms with E-state index >= 15 is 0 Å². The second kappa shape index (κ2) is 14.1. The molecule has 3 aromatic rings. The minimum atomic E-state index is -0.743. The molecular formula is C33H45N3O2. The molecule has 0 unspecified atom stereocenters. The molecule has 2 N–H and O–H groups in total. The van der Waals surface area contributed by atoms with Gasteiger partial charge >= 0.3 is 6.03 Å². The molecule has 0 bridgehead atoms. The van der Waals surface area contributed by atoms with Crippen LogP contribution < -0.4 is 5.32 Å². The van der Waals surface area contributed by atoms with Crippen molar-refractivity contribution in [2.24, 2.45) is 5.92 Å². The van der Waals surface area contributed by atoms with Crippen molar-refractivity contribution in [2.75, 3.05) is 13.1 Å². The summed E-state index contributed by atoms with van der Waals surface area (Å²) >= 11 is 0. The van der Waals surface area contributed by atoms with Gasteiger partial charge in [0.25, 0.3) is 0 Å². The average Bonchev–Trinajstić information content (AvgIpc) is 2.87. The van der Waals surface area contributed by atoms with Gasteiger partial charge in [0.05, 0.1) is 6.10 Å². The summed E-state index contributed by atoms with van der Waals surface area (Å²) in [4.78, 5) is 17.4. The lowest BCUT2D eigenvalue weighted by atomic mass is 9.97. The number of aliphatic hydroxyl groups is 1. The predicted octanol–water partition coefficient (Wildman–Crippen LogP) is 6.13.